The van der Waals surface area contributed by atoms with Gasteiger partial charge in [-0.15, -0.1) is 0 Å². The number of ketones is 1. The molecule has 0 heterocycles. The molecule has 0 radical (unpaired) electrons. The van der Waals surface area contributed by atoms with Crippen LogP contribution in [-0.4, -0.2) is 68.1 Å². The van der Waals surface area contributed by atoms with Crippen LogP contribution in [0.4, 0.5) is 4.79 Å². The number of carbonyl (C=O) groups excluding carboxylic acids is 6. The number of unbranched alkanes of at least 4 members (excludes halogenated alkanes) is 15. The molecule has 0 aliphatic carbocycles. The molecule has 0 aromatic heterocycles. The highest BCUT2D eigenvalue weighted by molar-refractivity contribution is 6.80. The number of hydrogen-bond donors (Lipinski definition) is 4. The Balaban J connectivity index is 1.22. The normalized spacial score (nSPS) is 13.3. The summed E-state index contributed by atoms with van der Waals surface area (Å²) in [6.45, 7) is 15.5. The molecular formula is C80H108N4O8Si. The lowest BCUT2D eigenvalue weighted by Gasteiger charge is -2.50. The predicted octanol–water partition coefficient (Wildman–Crippen LogP) is 16.9. The number of alkyl carbamates (subject to hydrolysis) is 1. The van der Waals surface area contributed by atoms with Crippen molar-refractivity contribution >= 4 is 43.9 Å². The lowest BCUT2D eigenvalue weighted by atomic mass is 9.89. The molecule has 4 N–H and O–H groups in total. The standard InChI is InChI=1S/C80H108N4O8Si/c1-8-9-10-11-12-13-14-15-16-17-18-19-20-21-22-41-54-93(79(2,3)4,80(5,6)7)92-77(89)72(59-66-50-37-27-38-51-66)83-74(86)68(55-62-42-29-23-30-43-62)60-73(85)69(56-63-44-31-24-32-45-63)81-75(87)70(57-64-46-33-25-34-47-64)82-76(88)71(58-65-48-35-26-36-49-65)84-78(90)91-61-67-52-39-28-40-53-67/h23-40,42-53,68-72H,8-22,41,54-61H2,1-7H3,(H,81,87)(H,82,88)(H,83,86)(H,84,90)/t68-,69+,70+,71+,72+/m1/s1. The van der Waals surface area contributed by atoms with Gasteiger partial charge in [0.15, 0.2) is 5.78 Å². The van der Waals surface area contributed by atoms with Crippen LogP contribution in [-0.2, 0) is 71.8 Å². The molecule has 0 spiro atoms. The van der Waals surface area contributed by atoms with E-state index in [0.717, 1.165) is 58.7 Å². The zero-order valence-corrected chi connectivity index (χ0v) is 57.9. The summed E-state index contributed by atoms with van der Waals surface area (Å²) >= 11 is 0. The minimum Gasteiger partial charge on any atom is -0.516 e. The topological polar surface area (TPSA) is 169 Å². The molecule has 6 rings (SSSR count). The van der Waals surface area contributed by atoms with E-state index in [-0.39, 0.29) is 55.2 Å². The largest absolute Gasteiger partial charge is 0.516 e. The Morgan fingerprint density at radius 2 is 0.677 bits per heavy atom. The lowest BCUT2D eigenvalue weighted by Crippen LogP contribution is -2.58. The summed E-state index contributed by atoms with van der Waals surface area (Å²) in [6.07, 6.45) is 19.8. The van der Waals surface area contributed by atoms with Gasteiger partial charge in [0.1, 0.15) is 24.7 Å². The molecule has 5 atom stereocenters. The molecule has 6 aromatic rings. The second-order valence-electron chi connectivity index (χ2n) is 27.6. The van der Waals surface area contributed by atoms with Gasteiger partial charge in [-0.1, -0.05) is 333 Å². The lowest BCUT2D eigenvalue weighted by molar-refractivity contribution is -0.142. The average molecular weight is 1280 g/mol. The van der Waals surface area contributed by atoms with Crippen LogP contribution in [0, 0.1) is 5.92 Å². The monoisotopic (exact) mass is 1280 g/mol. The first-order chi connectivity index (χ1) is 44.8. The second-order valence-corrected chi connectivity index (χ2v) is 32.9. The van der Waals surface area contributed by atoms with Crippen LogP contribution in [0.5, 0.6) is 0 Å². The Labute approximate surface area is 558 Å². The van der Waals surface area contributed by atoms with E-state index >= 15 is 19.2 Å². The van der Waals surface area contributed by atoms with Gasteiger partial charge in [0.05, 0.1) is 6.04 Å². The van der Waals surface area contributed by atoms with Crippen LogP contribution in [0.2, 0.25) is 16.1 Å². The molecule has 6 aromatic carbocycles. The maximum Gasteiger partial charge on any atom is 0.408 e. The Kier molecular flexibility index (Phi) is 31.8. The van der Waals surface area contributed by atoms with Crippen LogP contribution in [0.1, 0.15) is 191 Å². The van der Waals surface area contributed by atoms with Gasteiger partial charge in [-0.2, -0.15) is 0 Å². The van der Waals surface area contributed by atoms with Crippen molar-refractivity contribution in [1.29, 1.82) is 0 Å². The number of benzene rings is 6. The average Bonchev–Trinajstić information content (AvgIpc) is 0.758. The van der Waals surface area contributed by atoms with Crippen molar-refractivity contribution in [3.8, 4) is 0 Å². The first kappa shape index (κ1) is 74.4. The highest BCUT2D eigenvalue weighted by Gasteiger charge is 2.57. The van der Waals surface area contributed by atoms with E-state index in [1.165, 1.54) is 83.5 Å². The van der Waals surface area contributed by atoms with E-state index in [9.17, 15) is 9.59 Å². The SMILES string of the molecule is CCCCCCCCCCCCCCCCCC[Si](OC(=O)[C@H](Cc1ccccc1)NC(=O)[C@@H](CC(=O)[C@H](Cc1ccccc1)NC(=O)[C@H](Cc1ccccc1)NC(=O)[C@H](Cc1ccccc1)NC(=O)OCc1ccccc1)Cc1ccccc1)(C(C)(C)C)C(C)(C)C. The van der Waals surface area contributed by atoms with Crippen molar-refractivity contribution in [3.05, 3.63) is 215 Å². The Morgan fingerprint density at radius 1 is 0.366 bits per heavy atom. The van der Waals surface area contributed by atoms with E-state index in [2.05, 4.69) is 69.7 Å². The zero-order valence-electron chi connectivity index (χ0n) is 56.9. The quantitative estimate of drug-likeness (QED) is 0.0217. The minimum absolute atomic E-state index is 0.0204. The zero-order chi connectivity index (χ0) is 66.7. The van der Waals surface area contributed by atoms with E-state index in [1.807, 2.05) is 182 Å². The number of rotatable bonds is 41. The van der Waals surface area contributed by atoms with Crippen LogP contribution in [0.15, 0.2) is 182 Å². The summed E-state index contributed by atoms with van der Waals surface area (Å²) < 4.78 is 12.7. The molecule has 93 heavy (non-hydrogen) atoms. The van der Waals surface area contributed by atoms with Gasteiger partial charge >= 0.3 is 12.1 Å². The van der Waals surface area contributed by atoms with Crippen LogP contribution in [0.25, 0.3) is 0 Å². The summed E-state index contributed by atoms with van der Waals surface area (Å²) in [6, 6.07) is 52.3. The molecule has 12 nitrogen and oxygen atoms in total. The molecule has 4 amide bonds. The summed E-state index contributed by atoms with van der Waals surface area (Å²) in [5, 5.41) is 11.2. The van der Waals surface area contributed by atoms with E-state index < -0.39 is 74.0 Å². The van der Waals surface area contributed by atoms with Crippen molar-refractivity contribution in [3.63, 3.8) is 0 Å². The molecule has 0 saturated heterocycles. The minimum atomic E-state index is -3.02. The van der Waals surface area contributed by atoms with E-state index in [0.29, 0.717) is 0 Å². The van der Waals surface area contributed by atoms with E-state index in [1.54, 1.807) is 0 Å². The van der Waals surface area contributed by atoms with Crippen molar-refractivity contribution in [2.75, 3.05) is 0 Å². The molecule has 0 unspecified atom stereocenters. The van der Waals surface area contributed by atoms with E-state index in [4.69, 9.17) is 9.16 Å². The van der Waals surface area contributed by atoms with Gasteiger partial charge < -0.3 is 30.4 Å². The van der Waals surface area contributed by atoms with Gasteiger partial charge in [0, 0.05) is 31.6 Å². The van der Waals surface area contributed by atoms with Crippen LogP contribution >= 0.6 is 0 Å². The third-order valence-corrected chi connectivity index (χ3v) is 24.6. The van der Waals surface area contributed by atoms with Crippen molar-refractivity contribution in [2.24, 2.45) is 5.92 Å². The molecule has 0 fully saturated rings. The molecule has 13 heteroatoms. The number of amides is 4. The fraction of sp³-hybridized carbons (Fsp3) is 0.475. The van der Waals surface area contributed by atoms with Gasteiger partial charge in [-0.05, 0) is 62.3 Å². The first-order valence-electron chi connectivity index (χ1n) is 34.7. The number of ether oxygens (including phenoxy) is 1. The second kappa shape index (κ2) is 39.8. The highest BCUT2D eigenvalue weighted by Crippen LogP contribution is 2.55. The fourth-order valence-electron chi connectivity index (χ4n) is 12.9. The van der Waals surface area contributed by atoms with Gasteiger partial charge in [-0.3, -0.25) is 24.0 Å². The number of hydrogen-bond acceptors (Lipinski definition) is 8. The first-order valence-corrected chi connectivity index (χ1v) is 36.8. The van der Waals surface area contributed by atoms with Crippen molar-refractivity contribution < 1.29 is 37.9 Å². The summed E-state index contributed by atoms with van der Waals surface area (Å²) in [4.78, 5) is 89.3. The third kappa shape index (κ3) is 26.3. The Bertz CT molecular complexity index is 3110. The maximum atomic E-state index is 15.4. The predicted molar refractivity (Wildman–Crippen MR) is 379 cm³/mol. The Hall–Kier alpha value is -7.64. The molecule has 0 saturated carbocycles. The third-order valence-electron chi connectivity index (χ3n) is 18.1. The van der Waals surface area contributed by atoms with Gasteiger partial charge in [0.2, 0.25) is 17.7 Å². The van der Waals surface area contributed by atoms with Crippen LogP contribution < -0.4 is 21.3 Å². The van der Waals surface area contributed by atoms with Gasteiger partial charge in [-0.25, -0.2) is 4.79 Å². The molecular weight excluding hydrogens is 1170 g/mol. The van der Waals surface area contributed by atoms with Crippen molar-refractivity contribution in [1.82, 2.24) is 21.3 Å². The molecule has 0 aliphatic rings. The Morgan fingerprint density at radius 3 is 1.06 bits per heavy atom. The van der Waals surface area contributed by atoms with Crippen molar-refractivity contribution in [2.45, 2.75) is 237 Å². The van der Waals surface area contributed by atoms with Gasteiger partial charge in [0.25, 0.3) is 8.32 Å². The number of nitrogens with one attached hydrogen (secondary N) is 4. The maximum absolute atomic E-state index is 15.4. The molecule has 0 aliphatic heterocycles. The highest BCUT2D eigenvalue weighted by atomic mass is 28.4. The number of carbonyl (C=O) groups is 6. The van der Waals surface area contributed by atoms with Crippen LogP contribution in [0.3, 0.4) is 0 Å². The fourth-order valence-corrected chi connectivity index (χ4v) is 18.6. The summed E-state index contributed by atoms with van der Waals surface area (Å²) in [7, 11) is -3.02. The summed E-state index contributed by atoms with van der Waals surface area (Å²) in [5.74, 6) is -3.62. The smallest absolute Gasteiger partial charge is 0.408 e. The number of Topliss-reactive ketones (excluding diaryl/α,β-unsaturated/α-hetero) is 1. The molecule has 0 bridgehead atoms. The molecule has 500 valence electrons. The summed E-state index contributed by atoms with van der Waals surface area (Å²) in [5.41, 5.74) is 4.70.